The molecule has 0 bridgehead atoms. The van der Waals surface area contributed by atoms with Crippen molar-refractivity contribution >= 4 is 15.9 Å². The molecule has 2 rings (SSSR count). The fourth-order valence-electron chi connectivity index (χ4n) is 1.79. The van der Waals surface area contributed by atoms with Crippen LogP contribution in [0, 0.1) is 6.92 Å². The van der Waals surface area contributed by atoms with Crippen molar-refractivity contribution in [3.8, 4) is 11.5 Å². The van der Waals surface area contributed by atoms with Crippen molar-refractivity contribution in [1.82, 2.24) is 0 Å². The predicted molar refractivity (Wildman–Crippen MR) is 60.5 cm³/mol. The lowest BCUT2D eigenvalue weighted by Gasteiger charge is -2.14. The number of hydrogen-bond acceptors (Lipinski definition) is 3. The van der Waals surface area contributed by atoms with Crippen molar-refractivity contribution in [2.75, 3.05) is 13.4 Å². The van der Waals surface area contributed by atoms with Gasteiger partial charge in [0.1, 0.15) is 0 Å². The van der Waals surface area contributed by atoms with E-state index in [-0.39, 0.29) is 19.3 Å². The summed E-state index contributed by atoms with van der Waals surface area (Å²) in [6, 6.07) is 1.99. The smallest absolute Gasteiger partial charge is 0.231 e. The molecule has 1 aliphatic rings. The van der Waals surface area contributed by atoms with Crippen LogP contribution in [0.1, 0.15) is 24.0 Å². The summed E-state index contributed by atoms with van der Waals surface area (Å²) >= 11 is 3.44. The number of halogens is 1. The first-order valence-electron chi connectivity index (χ1n) is 4.84. The maximum absolute atomic E-state index is 9.16. The second-order valence-electron chi connectivity index (χ2n) is 3.72. The first-order chi connectivity index (χ1) is 7.15. The van der Waals surface area contributed by atoms with Gasteiger partial charge in [-0.25, -0.2) is 0 Å². The van der Waals surface area contributed by atoms with Gasteiger partial charge in [-0.05, 0) is 40.0 Å². The molecule has 1 heterocycles. The van der Waals surface area contributed by atoms with E-state index in [2.05, 4.69) is 15.9 Å². The number of fused-ring (bicyclic) bond motifs is 1. The number of hydrogen-bond donors (Lipinski definition) is 1. The molecule has 1 unspecified atom stereocenters. The summed E-state index contributed by atoms with van der Waals surface area (Å²) in [5, 5.41) is 9.16. The molecule has 1 atom stereocenters. The molecule has 0 saturated heterocycles. The van der Waals surface area contributed by atoms with Crippen LogP contribution in [0.15, 0.2) is 10.5 Å². The quantitative estimate of drug-likeness (QED) is 0.900. The fourth-order valence-corrected chi connectivity index (χ4v) is 2.33. The Hall–Kier alpha value is -0.740. The lowest BCUT2D eigenvalue weighted by Crippen LogP contribution is -2.02. The Balaban J connectivity index is 2.54. The number of aliphatic hydroxyl groups excluding tert-OH is 1. The summed E-state index contributed by atoms with van der Waals surface area (Å²) in [4.78, 5) is 0. The Morgan fingerprint density at radius 1 is 1.47 bits per heavy atom. The molecule has 0 spiro atoms. The van der Waals surface area contributed by atoms with Crippen LogP contribution < -0.4 is 9.47 Å². The second-order valence-corrected chi connectivity index (χ2v) is 4.58. The Bertz CT molecular complexity index is 390. The summed E-state index contributed by atoms with van der Waals surface area (Å²) in [6.45, 7) is 4.37. The van der Waals surface area contributed by atoms with Crippen molar-refractivity contribution < 1.29 is 14.6 Å². The molecule has 0 saturated carbocycles. The lowest BCUT2D eigenvalue weighted by molar-refractivity contribution is 0.173. The molecule has 0 aromatic heterocycles. The van der Waals surface area contributed by atoms with Crippen LogP contribution in [0.5, 0.6) is 11.5 Å². The Kier molecular flexibility index (Phi) is 2.89. The van der Waals surface area contributed by atoms with Crippen molar-refractivity contribution in [2.45, 2.75) is 19.8 Å². The van der Waals surface area contributed by atoms with E-state index < -0.39 is 0 Å². The molecule has 4 heteroatoms. The predicted octanol–water partition coefficient (Wildman–Crippen LogP) is 2.58. The molecule has 3 nitrogen and oxygen atoms in total. The monoisotopic (exact) mass is 272 g/mol. The Labute approximate surface area is 97.1 Å². The van der Waals surface area contributed by atoms with Gasteiger partial charge in [-0.2, -0.15) is 0 Å². The van der Waals surface area contributed by atoms with Crippen LogP contribution in [-0.4, -0.2) is 18.5 Å². The zero-order chi connectivity index (χ0) is 11.0. The summed E-state index contributed by atoms with van der Waals surface area (Å²) in [6.07, 6.45) is 0. The van der Waals surface area contributed by atoms with Gasteiger partial charge in [0.15, 0.2) is 11.5 Å². The molecule has 1 N–H and O–H groups in total. The maximum atomic E-state index is 9.16. The SMILES string of the molecule is Cc1c(C(C)CO)cc(Br)c2c1OCO2. The Morgan fingerprint density at radius 2 is 2.13 bits per heavy atom. The van der Waals surface area contributed by atoms with Crippen LogP contribution in [0.2, 0.25) is 0 Å². The third kappa shape index (κ3) is 1.72. The lowest BCUT2D eigenvalue weighted by atomic mass is 9.96. The van der Waals surface area contributed by atoms with Crippen LogP contribution in [0.3, 0.4) is 0 Å². The third-order valence-corrected chi connectivity index (χ3v) is 3.28. The zero-order valence-corrected chi connectivity index (χ0v) is 10.3. The van der Waals surface area contributed by atoms with Gasteiger partial charge in [-0.3, -0.25) is 0 Å². The average Bonchev–Trinajstić information content (AvgIpc) is 2.71. The van der Waals surface area contributed by atoms with Gasteiger partial charge < -0.3 is 14.6 Å². The van der Waals surface area contributed by atoms with E-state index in [1.807, 2.05) is 19.9 Å². The minimum Gasteiger partial charge on any atom is -0.453 e. The summed E-state index contributed by atoms with van der Waals surface area (Å²) in [7, 11) is 0. The van der Waals surface area contributed by atoms with Crippen LogP contribution >= 0.6 is 15.9 Å². The van der Waals surface area contributed by atoms with Crippen molar-refractivity contribution in [2.24, 2.45) is 0 Å². The van der Waals surface area contributed by atoms with E-state index >= 15 is 0 Å². The van der Waals surface area contributed by atoms with Crippen LogP contribution in [-0.2, 0) is 0 Å². The molecular formula is C11H13BrO3. The topological polar surface area (TPSA) is 38.7 Å². The van der Waals surface area contributed by atoms with Crippen molar-refractivity contribution in [3.63, 3.8) is 0 Å². The number of benzene rings is 1. The summed E-state index contributed by atoms with van der Waals surface area (Å²) in [5.41, 5.74) is 2.14. The summed E-state index contributed by atoms with van der Waals surface area (Å²) in [5.74, 6) is 1.66. The molecule has 0 radical (unpaired) electrons. The highest BCUT2D eigenvalue weighted by atomic mass is 79.9. The molecule has 0 fully saturated rings. The van der Waals surface area contributed by atoms with Crippen molar-refractivity contribution in [1.29, 1.82) is 0 Å². The highest BCUT2D eigenvalue weighted by Gasteiger charge is 2.23. The molecule has 1 aromatic rings. The van der Waals surface area contributed by atoms with E-state index in [0.717, 1.165) is 27.1 Å². The highest BCUT2D eigenvalue weighted by molar-refractivity contribution is 9.10. The molecule has 1 aromatic carbocycles. The van der Waals surface area contributed by atoms with Gasteiger partial charge in [0.25, 0.3) is 0 Å². The van der Waals surface area contributed by atoms with E-state index in [1.54, 1.807) is 0 Å². The molecule has 0 amide bonds. The molecule has 0 aliphatic carbocycles. The van der Waals surface area contributed by atoms with E-state index in [1.165, 1.54) is 0 Å². The number of rotatable bonds is 2. The normalized spacial score (nSPS) is 15.5. The van der Waals surface area contributed by atoms with Gasteiger partial charge in [-0.1, -0.05) is 6.92 Å². The minimum absolute atomic E-state index is 0.107. The maximum Gasteiger partial charge on any atom is 0.231 e. The standard InChI is InChI=1S/C11H13BrO3/c1-6(4-13)8-3-9(12)11-10(7(8)2)14-5-15-11/h3,6,13H,4-5H2,1-2H3. The summed E-state index contributed by atoms with van der Waals surface area (Å²) < 4.78 is 11.6. The Morgan fingerprint density at radius 3 is 2.80 bits per heavy atom. The van der Waals surface area contributed by atoms with Crippen molar-refractivity contribution in [3.05, 3.63) is 21.7 Å². The third-order valence-electron chi connectivity index (χ3n) is 2.69. The molecule has 15 heavy (non-hydrogen) atoms. The van der Waals surface area contributed by atoms with Crippen LogP contribution in [0.4, 0.5) is 0 Å². The van der Waals surface area contributed by atoms with Gasteiger partial charge in [-0.15, -0.1) is 0 Å². The number of aliphatic hydroxyl groups is 1. The molecular weight excluding hydrogens is 260 g/mol. The second kappa shape index (κ2) is 4.02. The average molecular weight is 273 g/mol. The van der Waals surface area contributed by atoms with E-state index in [0.29, 0.717) is 0 Å². The number of ether oxygens (including phenoxy) is 2. The first-order valence-corrected chi connectivity index (χ1v) is 5.64. The first kappa shape index (κ1) is 10.8. The van der Waals surface area contributed by atoms with Crippen LogP contribution in [0.25, 0.3) is 0 Å². The minimum atomic E-state index is 0.107. The molecule has 82 valence electrons. The highest BCUT2D eigenvalue weighted by Crippen LogP contribution is 2.44. The van der Waals surface area contributed by atoms with Gasteiger partial charge >= 0.3 is 0 Å². The van der Waals surface area contributed by atoms with Gasteiger partial charge in [0, 0.05) is 12.5 Å². The zero-order valence-electron chi connectivity index (χ0n) is 8.71. The largest absolute Gasteiger partial charge is 0.453 e. The fraction of sp³-hybridized carbons (Fsp3) is 0.455. The van der Waals surface area contributed by atoms with E-state index in [9.17, 15) is 0 Å². The van der Waals surface area contributed by atoms with Gasteiger partial charge in [0.05, 0.1) is 4.47 Å². The van der Waals surface area contributed by atoms with Gasteiger partial charge in [0.2, 0.25) is 6.79 Å². The molecule has 1 aliphatic heterocycles. The van der Waals surface area contributed by atoms with E-state index in [4.69, 9.17) is 14.6 Å².